The second-order valence-corrected chi connectivity index (χ2v) is 5.30. The molecule has 124 valence electrons. The number of benzene rings is 2. The van der Waals surface area contributed by atoms with Gasteiger partial charge >= 0.3 is 12.1 Å². The molecule has 0 spiro atoms. The molecule has 0 aliphatic carbocycles. The van der Waals surface area contributed by atoms with Crippen LogP contribution in [0.5, 0.6) is 0 Å². The van der Waals surface area contributed by atoms with Crippen molar-refractivity contribution < 1.29 is 19.4 Å². The molecule has 0 fully saturated rings. The highest BCUT2D eigenvalue weighted by Gasteiger charge is 2.08. The number of carbonyl (C=O) groups excluding carboxylic acids is 1. The van der Waals surface area contributed by atoms with E-state index in [0.29, 0.717) is 5.56 Å². The van der Waals surface area contributed by atoms with Gasteiger partial charge in [-0.15, -0.1) is 0 Å². The van der Waals surface area contributed by atoms with Crippen LogP contribution in [0.1, 0.15) is 21.5 Å². The molecule has 0 unspecified atom stereocenters. The van der Waals surface area contributed by atoms with Gasteiger partial charge in [-0.2, -0.15) is 0 Å². The zero-order valence-electron chi connectivity index (χ0n) is 12.7. The number of ether oxygens (including phenoxy) is 1. The largest absolute Gasteiger partial charge is 0.478 e. The summed E-state index contributed by atoms with van der Waals surface area (Å²) in [5.41, 5.74) is 1.62. The summed E-state index contributed by atoms with van der Waals surface area (Å²) in [6.45, 7) is 0.466. The third-order valence-corrected chi connectivity index (χ3v) is 3.44. The Kier molecular flexibility index (Phi) is 6.40. The van der Waals surface area contributed by atoms with Gasteiger partial charge in [-0.05, 0) is 23.3 Å². The number of hydrogen-bond donors (Lipinski definition) is 2. The van der Waals surface area contributed by atoms with E-state index in [1.54, 1.807) is 18.2 Å². The highest BCUT2D eigenvalue weighted by atomic mass is 35.5. The maximum absolute atomic E-state index is 11.6. The summed E-state index contributed by atoms with van der Waals surface area (Å²) < 4.78 is 5.07. The van der Waals surface area contributed by atoms with Gasteiger partial charge in [-0.25, -0.2) is 9.59 Å². The van der Waals surface area contributed by atoms with Crippen molar-refractivity contribution in [1.82, 2.24) is 5.32 Å². The van der Waals surface area contributed by atoms with Crippen LogP contribution < -0.4 is 5.32 Å². The fraction of sp³-hybridized carbons (Fsp3) is 0.111. The van der Waals surface area contributed by atoms with Crippen LogP contribution >= 0.6 is 11.6 Å². The fourth-order valence-corrected chi connectivity index (χ4v) is 2.12. The van der Waals surface area contributed by atoms with Crippen LogP contribution in [0.3, 0.4) is 0 Å². The Balaban J connectivity index is 1.79. The summed E-state index contributed by atoms with van der Waals surface area (Å²) in [6, 6.07) is 14.1. The highest BCUT2D eigenvalue weighted by molar-refractivity contribution is 6.33. The molecule has 0 aromatic heterocycles. The van der Waals surface area contributed by atoms with E-state index in [-0.39, 0.29) is 23.7 Å². The lowest BCUT2D eigenvalue weighted by Crippen LogP contribution is -2.24. The van der Waals surface area contributed by atoms with Crippen molar-refractivity contribution in [2.75, 3.05) is 6.54 Å². The Hall–Kier alpha value is -2.79. The van der Waals surface area contributed by atoms with Crippen molar-refractivity contribution in [3.8, 4) is 0 Å². The van der Waals surface area contributed by atoms with E-state index < -0.39 is 12.1 Å². The molecule has 0 aliphatic rings. The molecule has 0 bridgehead atoms. The van der Waals surface area contributed by atoms with Crippen LogP contribution in [0.25, 0.3) is 6.08 Å². The molecule has 0 heterocycles. The first-order valence-electron chi connectivity index (χ1n) is 7.20. The molecular weight excluding hydrogens is 330 g/mol. The third kappa shape index (κ3) is 5.44. The first-order valence-corrected chi connectivity index (χ1v) is 7.58. The summed E-state index contributed by atoms with van der Waals surface area (Å²) in [5.74, 6) is -1.09. The Labute approximate surface area is 144 Å². The minimum atomic E-state index is -1.09. The van der Waals surface area contributed by atoms with Gasteiger partial charge in [0.05, 0.1) is 10.6 Å². The molecule has 0 atom stereocenters. The molecule has 0 radical (unpaired) electrons. The van der Waals surface area contributed by atoms with Gasteiger partial charge < -0.3 is 15.2 Å². The van der Waals surface area contributed by atoms with Crippen molar-refractivity contribution in [1.29, 1.82) is 0 Å². The fourth-order valence-electron chi connectivity index (χ4n) is 1.92. The van der Waals surface area contributed by atoms with Gasteiger partial charge in [-0.1, -0.05) is 60.2 Å². The first-order chi connectivity index (χ1) is 11.6. The molecule has 24 heavy (non-hydrogen) atoms. The smallest absolute Gasteiger partial charge is 0.407 e. The van der Waals surface area contributed by atoms with Crippen LogP contribution in [0.4, 0.5) is 4.79 Å². The molecule has 2 rings (SSSR count). The minimum Gasteiger partial charge on any atom is -0.478 e. The van der Waals surface area contributed by atoms with Gasteiger partial charge in [0, 0.05) is 6.54 Å². The zero-order chi connectivity index (χ0) is 17.4. The van der Waals surface area contributed by atoms with Gasteiger partial charge in [0.1, 0.15) is 6.61 Å². The standard InChI is InChI=1S/C18H16ClNO4/c19-16-9-8-13(11-15(16)17(21)22)7-4-10-20-18(23)24-12-14-5-2-1-3-6-14/h1-9,11H,10,12H2,(H,20,23)(H,21,22). The van der Waals surface area contributed by atoms with E-state index in [9.17, 15) is 9.59 Å². The molecule has 2 aromatic carbocycles. The first kappa shape index (κ1) is 17.6. The van der Waals surface area contributed by atoms with E-state index in [1.807, 2.05) is 30.3 Å². The Bertz CT molecular complexity index is 744. The topological polar surface area (TPSA) is 75.6 Å². The number of rotatable bonds is 6. The van der Waals surface area contributed by atoms with Crippen molar-refractivity contribution in [3.63, 3.8) is 0 Å². The molecule has 6 heteroatoms. The maximum atomic E-state index is 11.6. The third-order valence-electron chi connectivity index (χ3n) is 3.11. The van der Waals surface area contributed by atoms with Gasteiger partial charge in [0.15, 0.2) is 0 Å². The SMILES string of the molecule is O=C(NCC=Cc1ccc(Cl)c(C(=O)O)c1)OCc1ccccc1. The number of halogens is 1. The van der Waals surface area contributed by atoms with E-state index in [0.717, 1.165) is 5.56 Å². The average molecular weight is 346 g/mol. The number of alkyl carbamates (subject to hydrolysis) is 1. The quantitative estimate of drug-likeness (QED) is 0.830. The number of amides is 1. The second-order valence-electron chi connectivity index (χ2n) is 4.89. The molecule has 2 N–H and O–H groups in total. The lowest BCUT2D eigenvalue weighted by Gasteiger charge is -2.05. The predicted octanol–water partition coefficient (Wildman–Crippen LogP) is 3.98. The number of hydrogen-bond acceptors (Lipinski definition) is 3. The Morgan fingerprint density at radius 3 is 2.62 bits per heavy atom. The van der Waals surface area contributed by atoms with Crippen LogP contribution in [-0.4, -0.2) is 23.7 Å². The molecule has 1 amide bonds. The van der Waals surface area contributed by atoms with E-state index in [1.165, 1.54) is 12.1 Å². The van der Waals surface area contributed by atoms with Crippen LogP contribution in [-0.2, 0) is 11.3 Å². The van der Waals surface area contributed by atoms with Crippen molar-refractivity contribution >= 4 is 29.7 Å². The van der Waals surface area contributed by atoms with E-state index in [2.05, 4.69) is 5.32 Å². The Morgan fingerprint density at radius 2 is 1.92 bits per heavy atom. The molecule has 0 saturated carbocycles. The molecule has 0 saturated heterocycles. The summed E-state index contributed by atoms with van der Waals surface area (Å²) in [6.07, 6.45) is 2.87. The number of carboxylic acid groups (broad SMARTS) is 1. The van der Waals surface area contributed by atoms with Gasteiger partial charge in [-0.3, -0.25) is 0 Å². The van der Waals surface area contributed by atoms with E-state index in [4.69, 9.17) is 21.4 Å². The van der Waals surface area contributed by atoms with Crippen LogP contribution in [0.15, 0.2) is 54.6 Å². The van der Waals surface area contributed by atoms with Crippen molar-refractivity contribution in [3.05, 3.63) is 76.3 Å². The summed E-state index contributed by atoms with van der Waals surface area (Å²) in [5, 5.41) is 11.8. The van der Waals surface area contributed by atoms with Gasteiger partial charge in [0.2, 0.25) is 0 Å². The lowest BCUT2D eigenvalue weighted by atomic mass is 10.1. The predicted molar refractivity (Wildman–Crippen MR) is 92.1 cm³/mol. The number of aromatic carboxylic acids is 1. The lowest BCUT2D eigenvalue weighted by molar-refractivity contribution is 0.0697. The molecule has 2 aromatic rings. The average Bonchev–Trinajstić information content (AvgIpc) is 2.59. The summed E-state index contributed by atoms with van der Waals surface area (Å²) in [4.78, 5) is 22.6. The molecule has 5 nitrogen and oxygen atoms in total. The number of nitrogens with one attached hydrogen (secondary N) is 1. The molecule has 0 aliphatic heterocycles. The molecular formula is C18H16ClNO4. The van der Waals surface area contributed by atoms with E-state index >= 15 is 0 Å². The van der Waals surface area contributed by atoms with Crippen molar-refractivity contribution in [2.45, 2.75) is 6.61 Å². The monoisotopic (exact) mass is 345 g/mol. The van der Waals surface area contributed by atoms with Crippen LogP contribution in [0.2, 0.25) is 5.02 Å². The maximum Gasteiger partial charge on any atom is 0.407 e. The number of carboxylic acids is 1. The Morgan fingerprint density at radius 1 is 1.17 bits per heavy atom. The summed E-state index contributed by atoms with van der Waals surface area (Å²) in [7, 11) is 0. The normalized spacial score (nSPS) is 10.5. The highest BCUT2D eigenvalue weighted by Crippen LogP contribution is 2.18. The number of carbonyl (C=O) groups is 2. The van der Waals surface area contributed by atoms with Gasteiger partial charge in [0.25, 0.3) is 0 Å². The second kappa shape index (κ2) is 8.74. The van der Waals surface area contributed by atoms with Crippen molar-refractivity contribution in [2.24, 2.45) is 0 Å². The summed E-state index contributed by atoms with van der Waals surface area (Å²) >= 11 is 5.80. The zero-order valence-corrected chi connectivity index (χ0v) is 13.5. The van der Waals surface area contributed by atoms with Crippen LogP contribution in [0, 0.1) is 0 Å². The minimum absolute atomic E-state index is 0.0362.